The molecule has 1 aromatic carbocycles. The van der Waals surface area contributed by atoms with Crippen molar-refractivity contribution in [3.05, 3.63) is 24.3 Å². The molecule has 1 N–H and O–H groups in total. The first kappa shape index (κ1) is 15.3. The minimum Gasteiger partial charge on any atom is -0.480 e. The van der Waals surface area contributed by atoms with Crippen LogP contribution in [0.5, 0.6) is 5.75 Å². The zero-order valence-corrected chi connectivity index (χ0v) is 12.8. The van der Waals surface area contributed by atoms with E-state index < -0.39 is 18.1 Å². The Morgan fingerprint density at radius 3 is 2.83 bits per heavy atom. The van der Waals surface area contributed by atoms with Gasteiger partial charge in [-0.3, -0.25) is 14.5 Å². The number of benzene rings is 1. The molecular formula is C16H18N2O5. The number of likely N-dealkylation sites (tertiary alicyclic amines) is 1. The number of amides is 2. The van der Waals surface area contributed by atoms with Gasteiger partial charge < -0.3 is 14.7 Å². The van der Waals surface area contributed by atoms with E-state index in [9.17, 15) is 19.5 Å². The number of fused-ring (bicyclic) bond motifs is 1. The summed E-state index contributed by atoms with van der Waals surface area (Å²) in [6.07, 6.45) is 0.435. The number of ether oxygens (including phenoxy) is 1. The Bertz CT molecular complexity index is 660. The van der Waals surface area contributed by atoms with E-state index >= 15 is 0 Å². The fourth-order valence-electron chi connectivity index (χ4n) is 3.07. The van der Waals surface area contributed by atoms with Gasteiger partial charge in [0, 0.05) is 6.54 Å². The van der Waals surface area contributed by atoms with Crippen LogP contribution in [0.3, 0.4) is 0 Å². The molecule has 2 unspecified atom stereocenters. The van der Waals surface area contributed by atoms with Crippen molar-refractivity contribution < 1.29 is 24.2 Å². The first-order valence-corrected chi connectivity index (χ1v) is 7.58. The summed E-state index contributed by atoms with van der Waals surface area (Å²) in [4.78, 5) is 38.8. The highest BCUT2D eigenvalue weighted by Crippen LogP contribution is 2.33. The molecule has 0 radical (unpaired) electrons. The molecule has 0 saturated carbocycles. The number of para-hydroxylation sites is 2. The first-order chi connectivity index (χ1) is 11.0. The van der Waals surface area contributed by atoms with Crippen LogP contribution in [0.2, 0.25) is 0 Å². The van der Waals surface area contributed by atoms with E-state index in [2.05, 4.69) is 0 Å². The monoisotopic (exact) mass is 318 g/mol. The molecule has 2 atom stereocenters. The Hall–Kier alpha value is -2.57. The zero-order chi connectivity index (χ0) is 16.6. The summed E-state index contributed by atoms with van der Waals surface area (Å²) < 4.78 is 5.53. The molecule has 1 saturated heterocycles. The predicted octanol–water partition coefficient (Wildman–Crippen LogP) is 0.876. The number of carbonyl (C=O) groups excluding carboxylic acids is 2. The number of anilines is 1. The molecule has 1 fully saturated rings. The van der Waals surface area contributed by atoms with Crippen LogP contribution in [0.1, 0.15) is 19.8 Å². The maximum Gasteiger partial charge on any atom is 0.326 e. The maximum absolute atomic E-state index is 12.5. The van der Waals surface area contributed by atoms with E-state index in [0.29, 0.717) is 30.8 Å². The summed E-state index contributed by atoms with van der Waals surface area (Å²) in [7, 11) is 0. The lowest BCUT2D eigenvalue weighted by Gasteiger charge is -2.34. The SMILES string of the molecule is CC1Oc2ccccc2N(CC(=O)N2CCCC2C(=O)O)C1=O. The Labute approximate surface area is 133 Å². The molecule has 23 heavy (non-hydrogen) atoms. The smallest absolute Gasteiger partial charge is 0.326 e. The lowest BCUT2D eigenvalue weighted by atomic mass is 10.2. The molecular weight excluding hydrogens is 300 g/mol. The van der Waals surface area contributed by atoms with Crippen molar-refractivity contribution in [1.82, 2.24) is 4.90 Å². The second kappa shape index (κ2) is 5.91. The highest BCUT2D eigenvalue weighted by atomic mass is 16.5. The van der Waals surface area contributed by atoms with Gasteiger partial charge in [-0.05, 0) is 31.9 Å². The van der Waals surface area contributed by atoms with Gasteiger partial charge in [-0.25, -0.2) is 4.79 Å². The van der Waals surface area contributed by atoms with Crippen molar-refractivity contribution >= 4 is 23.5 Å². The number of carboxylic acid groups (broad SMARTS) is 1. The molecule has 2 heterocycles. The number of hydrogen-bond donors (Lipinski definition) is 1. The summed E-state index contributed by atoms with van der Waals surface area (Å²) >= 11 is 0. The van der Waals surface area contributed by atoms with Crippen LogP contribution in [0, 0.1) is 0 Å². The van der Waals surface area contributed by atoms with Crippen molar-refractivity contribution in [3.63, 3.8) is 0 Å². The van der Waals surface area contributed by atoms with Crippen LogP contribution in [0.25, 0.3) is 0 Å². The Morgan fingerprint density at radius 2 is 2.09 bits per heavy atom. The van der Waals surface area contributed by atoms with E-state index in [1.807, 2.05) is 0 Å². The van der Waals surface area contributed by atoms with Crippen molar-refractivity contribution in [2.45, 2.75) is 31.9 Å². The number of nitrogens with zero attached hydrogens (tertiary/aromatic N) is 2. The number of hydrogen-bond acceptors (Lipinski definition) is 4. The van der Waals surface area contributed by atoms with E-state index in [1.54, 1.807) is 31.2 Å². The van der Waals surface area contributed by atoms with Crippen LogP contribution in [0.4, 0.5) is 5.69 Å². The van der Waals surface area contributed by atoms with Gasteiger partial charge in [0.05, 0.1) is 5.69 Å². The van der Waals surface area contributed by atoms with Gasteiger partial charge >= 0.3 is 5.97 Å². The lowest BCUT2D eigenvalue weighted by molar-refractivity contribution is -0.147. The Kier molecular flexibility index (Phi) is 3.94. The highest BCUT2D eigenvalue weighted by molar-refractivity contribution is 6.04. The molecule has 2 amide bonds. The Morgan fingerprint density at radius 1 is 1.35 bits per heavy atom. The third-order valence-corrected chi connectivity index (χ3v) is 4.23. The van der Waals surface area contributed by atoms with Crippen LogP contribution < -0.4 is 9.64 Å². The summed E-state index contributed by atoms with van der Waals surface area (Å²) in [5, 5.41) is 9.20. The van der Waals surface area contributed by atoms with Gasteiger partial charge in [-0.2, -0.15) is 0 Å². The molecule has 2 aliphatic rings. The normalized spacial score (nSPS) is 23.4. The van der Waals surface area contributed by atoms with Crippen LogP contribution in [-0.4, -0.2) is 53.0 Å². The predicted molar refractivity (Wildman–Crippen MR) is 81.3 cm³/mol. The van der Waals surface area contributed by atoms with Gasteiger partial charge in [-0.1, -0.05) is 12.1 Å². The van der Waals surface area contributed by atoms with Crippen molar-refractivity contribution in [3.8, 4) is 5.75 Å². The van der Waals surface area contributed by atoms with Gasteiger partial charge in [0.15, 0.2) is 6.10 Å². The molecule has 0 bridgehead atoms. The standard InChI is InChI=1S/C16H18N2O5/c1-10-15(20)18(11-5-2-3-7-13(11)23-10)9-14(19)17-8-4-6-12(17)16(21)22/h2-3,5,7,10,12H,4,6,8-9H2,1H3,(H,21,22). The lowest BCUT2D eigenvalue weighted by Crippen LogP contribution is -2.51. The quantitative estimate of drug-likeness (QED) is 0.894. The van der Waals surface area contributed by atoms with Gasteiger partial charge in [0.25, 0.3) is 5.91 Å². The van der Waals surface area contributed by atoms with E-state index in [4.69, 9.17) is 4.74 Å². The molecule has 122 valence electrons. The van der Waals surface area contributed by atoms with Crippen LogP contribution >= 0.6 is 0 Å². The summed E-state index contributed by atoms with van der Waals surface area (Å²) in [6.45, 7) is 1.87. The third kappa shape index (κ3) is 2.74. The number of aliphatic carboxylic acids is 1. The molecule has 0 spiro atoms. The third-order valence-electron chi connectivity index (χ3n) is 4.23. The fraction of sp³-hybridized carbons (Fsp3) is 0.438. The van der Waals surface area contributed by atoms with Gasteiger partial charge in [0.2, 0.25) is 5.91 Å². The van der Waals surface area contributed by atoms with Crippen molar-refractivity contribution in [1.29, 1.82) is 0 Å². The zero-order valence-electron chi connectivity index (χ0n) is 12.8. The van der Waals surface area contributed by atoms with Gasteiger partial charge in [0.1, 0.15) is 18.3 Å². The fourth-order valence-corrected chi connectivity index (χ4v) is 3.07. The van der Waals surface area contributed by atoms with E-state index in [1.165, 1.54) is 9.80 Å². The maximum atomic E-state index is 12.5. The second-order valence-corrected chi connectivity index (χ2v) is 5.74. The van der Waals surface area contributed by atoms with Crippen molar-refractivity contribution in [2.24, 2.45) is 0 Å². The molecule has 7 nitrogen and oxygen atoms in total. The van der Waals surface area contributed by atoms with Crippen LogP contribution in [-0.2, 0) is 14.4 Å². The van der Waals surface area contributed by atoms with E-state index in [-0.39, 0.29) is 18.4 Å². The van der Waals surface area contributed by atoms with Crippen LogP contribution in [0.15, 0.2) is 24.3 Å². The first-order valence-electron chi connectivity index (χ1n) is 7.58. The highest BCUT2D eigenvalue weighted by Gasteiger charge is 2.38. The average Bonchev–Trinajstić information content (AvgIpc) is 3.01. The second-order valence-electron chi connectivity index (χ2n) is 5.74. The minimum absolute atomic E-state index is 0.173. The Balaban J connectivity index is 1.83. The summed E-state index contributed by atoms with van der Waals surface area (Å²) in [5.41, 5.74) is 0.537. The number of carboxylic acids is 1. The van der Waals surface area contributed by atoms with Gasteiger partial charge in [-0.15, -0.1) is 0 Å². The molecule has 1 aromatic rings. The minimum atomic E-state index is -1.00. The molecule has 7 heteroatoms. The summed E-state index contributed by atoms with van der Waals surface area (Å²) in [5.74, 6) is -1.11. The average molecular weight is 318 g/mol. The summed E-state index contributed by atoms with van der Waals surface area (Å²) in [6, 6.07) is 6.21. The van der Waals surface area contributed by atoms with E-state index in [0.717, 1.165) is 0 Å². The molecule has 0 aromatic heterocycles. The number of rotatable bonds is 3. The molecule has 0 aliphatic carbocycles. The topological polar surface area (TPSA) is 87.2 Å². The largest absolute Gasteiger partial charge is 0.480 e. The number of carbonyl (C=O) groups is 3. The molecule has 2 aliphatic heterocycles. The van der Waals surface area contributed by atoms with Crippen molar-refractivity contribution in [2.75, 3.05) is 18.0 Å². The molecule has 3 rings (SSSR count).